The first-order valence-corrected chi connectivity index (χ1v) is 6.87. The second-order valence-electron chi connectivity index (χ2n) is 4.61. The van der Waals surface area contributed by atoms with E-state index in [0.29, 0.717) is 6.07 Å². The van der Waals surface area contributed by atoms with Gasteiger partial charge in [-0.2, -0.15) is 0 Å². The molecule has 1 aromatic heterocycles. The van der Waals surface area contributed by atoms with Crippen molar-refractivity contribution in [2.24, 2.45) is 0 Å². The normalized spacial score (nSPS) is 10.7. The van der Waals surface area contributed by atoms with E-state index in [9.17, 15) is 18.0 Å². The molecule has 2 aromatic carbocycles. The summed E-state index contributed by atoms with van der Waals surface area (Å²) in [6, 6.07) is 5.72. The summed E-state index contributed by atoms with van der Waals surface area (Å²) in [4.78, 5) is 12.0. The zero-order chi connectivity index (χ0) is 17.3. The minimum atomic E-state index is -0.891. The van der Waals surface area contributed by atoms with Crippen molar-refractivity contribution in [2.45, 2.75) is 0 Å². The topological polar surface area (TPSA) is 68.0 Å². The predicted octanol–water partition coefficient (Wildman–Crippen LogP) is 4.06. The van der Waals surface area contributed by atoms with Gasteiger partial charge in [0.05, 0.1) is 16.1 Å². The van der Waals surface area contributed by atoms with Crippen LogP contribution in [0, 0.1) is 17.5 Å². The van der Waals surface area contributed by atoms with Gasteiger partial charge in [0, 0.05) is 6.07 Å². The fourth-order valence-corrected chi connectivity index (χ4v) is 2.14. The summed E-state index contributed by atoms with van der Waals surface area (Å²) in [5, 5.41) is 9.27. The Bertz CT molecular complexity index is 930. The Hall–Kier alpha value is -2.87. The number of anilines is 1. The third kappa shape index (κ3) is 3.23. The van der Waals surface area contributed by atoms with E-state index in [-0.39, 0.29) is 28.1 Å². The van der Waals surface area contributed by atoms with Gasteiger partial charge in [0.15, 0.2) is 0 Å². The number of carbonyl (C=O) groups excluding carboxylic acids is 1. The first kappa shape index (κ1) is 16.0. The van der Waals surface area contributed by atoms with Crippen LogP contribution in [-0.2, 0) is 0 Å². The molecule has 1 amide bonds. The van der Waals surface area contributed by atoms with E-state index in [1.54, 1.807) is 0 Å². The summed E-state index contributed by atoms with van der Waals surface area (Å²) in [7, 11) is 0. The SMILES string of the molecule is O=C(Nc1nnc(-c2ccc(F)cc2F)o1)c1ccc(F)cc1Cl. The summed E-state index contributed by atoms with van der Waals surface area (Å²) in [6.45, 7) is 0. The standard InChI is InChI=1S/C15H7ClF3N3O2/c16-11-5-7(17)1-3-9(11)13(23)20-15-22-21-14(24-15)10-4-2-8(18)6-12(10)19/h1-6H,(H,20,22,23). The average molecular weight is 354 g/mol. The minimum absolute atomic E-state index is 0.00854. The van der Waals surface area contributed by atoms with Gasteiger partial charge in [-0.3, -0.25) is 10.1 Å². The van der Waals surface area contributed by atoms with Gasteiger partial charge < -0.3 is 4.42 Å². The van der Waals surface area contributed by atoms with Crippen LogP contribution in [0.4, 0.5) is 19.2 Å². The van der Waals surface area contributed by atoms with E-state index >= 15 is 0 Å². The number of benzene rings is 2. The molecule has 5 nitrogen and oxygen atoms in total. The first-order valence-electron chi connectivity index (χ1n) is 6.49. The molecule has 0 fully saturated rings. The van der Waals surface area contributed by atoms with Gasteiger partial charge in [0.1, 0.15) is 17.5 Å². The van der Waals surface area contributed by atoms with Gasteiger partial charge in [0.25, 0.3) is 11.8 Å². The van der Waals surface area contributed by atoms with Crippen molar-refractivity contribution < 1.29 is 22.4 Å². The van der Waals surface area contributed by atoms with Gasteiger partial charge in [-0.05, 0) is 30.3 Å². The highest BCUT2D eigenvalue weighted by Gasteiger charge is 2.17. The Morgan fingerprint density at radius 2 is 1.75 bits per heavy atom. The van der Waals surface area contributed by atoms with Crippen LogP contribution in [0.2, 0.25) is 5.02 Å². The highest BCUT2D eigenvalue weighted by Crippen LogP contribution is 2.24. The Morgan fingerprint density at radius 1 is 1.04 bits per heavy atom. The van der Waals surface area contributed by atoms with Crippen molar-refractivity contribution in [2.75, 3.05) is 5.32 Å². The Morgan fingerprint density at radius 3 is 2.46 bits per heavy atom. The number of rotatable bonds is 3. The van der Waals surface area contributed by atoms with Gasteiger partial charge in [-0.25, -0.2) is 13.2 Å². The van der Waals surface area contributed by atoms with Crippen LogP contribution in [-0.4, -0.2) is 16.1 Å². The lowest BCUT2D eigenvalue weighted by Gasteiger charge is -2.03. The predicted molar refractivity (Wildman–Crippen MR) is 79.0 cm³/mol. The maximum absolute atomic E-state index is 13.7. The first-order chi connectivity index (χ1) is 11.4. The van der Waals surface area contributed by atoms with E-state index in [2.05, 4.69) is 15.5 Å². The highest BCUT2D eigenvalue weighted by molar-refractivity contribution is 6.34. The molecule has 1 heterocycles. The minimum Gasteiger partial charge on any atom is -0.403 e. The molecule has 0 bridgehead atoms. The number of halogens is 4. The zero-order valence-electron chi connectivity index (χ0n) is 11.7. The van der Waals surface area contributed by atoms with Crippen LogP contribution in [0.5, 0.6) is 0 Å². The fourth-order valence-electron chi connectivity index (χ4n) is 1.88. The van der Waals surface area contributed by atoms with Crippen molar-refractivity contribution in [1.29, 1.82) is 0 Å². The Balaban J connectivity index is 1.82. The molecular weight excluding hydrogens is 347 g/mol. The van der Waals surface area contributed by atoms with Gasteiger partial charge in [-0.1, -0.05) is 16.7 Å². The molecular formula is C15H7ClF3N3O2. The van der Waals surface area contributed by atoms with Crippen molar-refractivity contribution >= 4 is 23.5 Å². The van der Waals surface area contributed by atoms with Gasteiger partial charge >= 0.3 is 6.01 Å². The molecule has 0 unspecified atom stereocenters. The fraction of sp³-hybridized carbons (Fsp3) is 0. The summed E-state index contributed by atoms with van der Waals surface area (Å²) in [5.74, 6) is -3.19. The number of amides is 1. The molecule has 0 aliphatic rings. The number of hydrogen-bond donors (Lipinski definition) is 1. The van der Waals surface area contributed by atoms with Crippen molar-refractivity contribution in [3.05, 3.63) is 64.4 Å². The molecule has 9 heteroatoms. The third-order valence-corrected chi connectivity index (χ3v) is 3.30. The molecule has 0 saturated carbocycles. The number of nitrogens with zero attached hydrogens (tertiary/aromatic N) is 2. The van der Waals surface area contributed by atoms with Crippen molar-refractivity contribution in [3.8, 4) is 11.5 Å². The summed E-state index contributed by atoms with van der Waals surface area (Å²) >= 11 is 5.77. The number of carbonyl (C=O) groups is 1. The number of hydrogen-bond acceptors (Lipinski definition) is 4. The van der Waals surface area contributed by atoms with Crippen LogP contribution in [0.3, 0.4) is 0 Å². The molecule has 122 valence electrons. The summed E-state index contributed by atoms with van der Waals surface area (Å²) in [5.41, 5.74) is -0.130. The van der Waals surface area contributed by atoms with Crippen molar-refractivity contribution in [3.63, 3.8) is 0 Å². The molecule has 0 aliphatic heterocycles. The molecule has 0 aliphatic carbocycles. The molecule has 0 saturated heterocycles. The third-order valence-electron chi connectivity index (χ3n) is 2.98. The number of nitrogens with one attached hydrogen (secondary N) is 1. The average Bonchev–Trinajstić information content (AvgIpc) is 2.95. The summed E-state index contributed by atoms with van der Waals surface area (Å²) < 4.78 is 44.6. The van der Waals surface area contributed by atoms with Crippen molar-refractivity contribution in [1.82, 2.24) is 10.2 Å². The molecule has 0 atom stereocenters. The molecule has 0 spiro atoms. The molecule has 1 N–H and O–H groups in total. The van der Waals surface area contributed by atoms with E-state index in [0.717, 1.165) is 24.3 Å². The molecule has 3 rings (SSSR count). The molecule has 24 heavy (non-hydrogen) atoms. The summed E-state index contributed by atoms with van der Waals surface area (Å²) in [6.07, 6.45) is 0. The van der Waals surface area contributed by atoms with Gasteiger partial charge in [0.2, 0.25) is 0 Å². The Kier molecular flexibility index (Phi) is 4.22. The number of aromatic nitrogens is 2. The molecule has 0 radical (unpaired) electrons. The smallest absolute Gasteiger partial charge is 0.322 e. The zero-order valence-corrected chi connectivity index (χ0v) is 12.4. The maximum atomic E-state index is 13.7. The lowest BCUT2D eigenvalue weighted by Crippen LogP contribution is -2.12. The lowest BCUT2D eigenvalue weighted by molar-refractivity contribution is 0.102. The van der Waals surface area contributed by atoms with E-state index in [1.807, 2.05) is 0 Å². The quantitative estimate of drug-likeness (QED) is 0.771. The van der Waals surface area contributed by atoms with Crippen LogP contribution in [0.25, 0.3) is 11.5 Å². The van der Waals surface area contributed by atoms with Gasteiger partial charge in [-0.15, -0.1) is 5.10 Å². The van der Waals surface area contributed by atoms with Crippen LogP contribution in [0.1, 0.15) is 10.4 Å². The Labute approximate surface area is 138 Å². The van der Waals surface area contributed by atoms with Crippen LogP contribution >= 0.6 is 11.6 Å². The van der Waals surface area contributed by atoms with E-state index in [1.165, 1.54) is 6.07 Å². The largest absolute Gasteiger partial charge is 0.403 e. The highest BCUT2D eigenvalue weighted by atomic mass is 35.5. The lowest BCUT2D eigenvalue weighted by atomic mass is 10.2. The van der Waals surface area contributed by atoms with E-state index in [4.69, 9.17) is 16.0 Å². The monoisotopic (exact) mass is 353 g/mol. The second-order valence-corrected chi connectivity index (χ2v) is 5.02. The second kappa shape index (κ2) is 6.32. The van der Waals surface area contributed by atoms with Crippen LogP contribution in [0.15, 0.2) is 40.8 Å². The molecule has 3 aromatic rings. The maximum Gasteiger partial charge on any atom is 0.322 e. The van der Waals surface area contributed by atoms with Crippen LogP contribution < -0.4 is 5.32 Å². The van der Waals surface area contributed by atoms with E-state index < -0.39 is 23.4 Å².